The second kappa shape index (κ2) is 9.34. The molecule has 2 aromatic carbocycles. The molecule has 0 fully saturated rings. The molecule has 0 aromatic heterocycles. The third-order valence-electron chi connectivity index (χ3n) is 4.34. The third kappa shape index (κ3) is 5.53. The number of rotatable bonds is 7. The Morgan fingerprint density at radius 2 is 1.78 bits per heavy atom. The maximum absolute atomic E-state index is 12.3. The van der Waals surface area contributed by atoms with E-state index >= 15 is 0 Å². The molecule has 1 atom stereocenters. The fraction of sp³-hybridized carbons (Fsp3) is 0.381. The van der Waals surface area contributed by atoms with Gasteiger partial charge in [-0.2, -0.15) is 0 Å². The number of ether oxygens (including phenoxy) is 2. The van der Waals surface area contributed by atoms with Crippen LogP contribution in [0.4, 0.5) is 0 Å². The molecular formula is C21H25Cl2NO3. The van der Waals surface area contributed by atoms with Gasteiger partial charge in [-0.3, -0.25) is 4.79 Å². The van der Waals surface area contributed by atoms with E-state index in [-0.39, 0.29) is 18.6 Å². The quantitative estimate of drug-likeness (QED) is 0.638. The van der Waals surface area contributed by atoms with Crippen LogP contribution in [0.25, 0.3) is 0 Å². The molecule has 146 valence electrons. The van der Waals surface area contributed by atoms with Crippen molar-refractivity contribution in [2.75, 3.05) is 13.7 Å². The van der Waals surface area contributed by atoms with E-state index < -0.39 is 0 Å². The first-order valence-electron chi connectivity index (χ1n) is 8.78. The number of hydrogen-bond donors (Lipinski definition) is 1. The largest absolute Gasteiger partial charge is 0.496 e. The van der Waals surface area contributed by atoms with Crippen LogP contribution in [0.5, 0.6) is 11.5 Å². The lowest BCUT2D eigenvalue weighted by atomic mass is 9.93. The highest BCUT2D eigenvalue weighted by atomic mass is 35.5. The van der Waals surface area contributed by atoms with E-state index in [9.17, 15) is 4.79 Å². The summed E-state index contributed by atoms with van der Waals surface area (Å²) in [6.45, 7) is 8.06. The Labute approximate surface area is 170 Å². The van der Waals surface area contributed by atoms with Crippen molar-refractivity contribution in [3.05, 3.63) is 57.1 Å². The first-order chi connectivity index (χ1) is 12.7. The van der Waals surface area contributed by atoms with E-state index in [4.69, 9.17) is 32.7 Å². The molecular weight excluding hydrogens is 385 g/mol. The van der Waals surface area contributed by atoms with Crippen molar-refractivity contribution >= 4 is 29.1 Å². The van der Waals surface area contributed by atoms with E-state index in [1.165, 1.54) is 0 Å². The van der Waals surface area contributed by atoms with Crippen LogP contribution in [0.2, 0.25) is 10.0 Å². The first-order valence-corrected chi connectivity index (χ1v) is 9.54. The molecule has 4 nitrogen and oxygen atoms in total. The third-order valence-corrected chi connectivity index (χ3v) is 4.87. The number of methoxy groups -OCH3 is 1. The zero-order valence-corrected chi connectivity index (χ0v) is 17.7. The van der Waals surface area contributed by atoms with Gasteiger partial charge in [-0.1, -0.05) is 37.0 Å². The summed E-state index contributed by atoms with van der Waals surface area (Å²) < 4.78 is 11.0. The smallest absolute Gasteiger partial charge is 0.258 e. The van der Waals surface area contributed by atoms with Gasteiger partial charge >= 0.3 is 0 Å². The highest BCUT2D eigenvalue weighted by Crippen LogP contribution is 2.32. The van der Waals surface area contributed by atoms with Gasteiger partial charge in [0.05, 0.1) is 18.2 Å². The van der Waals surface area contributed by atoms with Gasteiger partial charge in [-0.15, -0.1) is 0 Å². The van der Waals surface area contributed by atoms with Crippen molar-refractivity contribution < 1.29 is 14.3 Å². The lowest BCUT2D eigenvalue weighted by Gasteiger charge is -2.21. The Hall–Kier alpha value is -1.91. The molecule has 2 aromatic rings. The van der Waals surface area contributed by atoms with Crippen LogP contribution >= 0.6 is 23.2 Å². The standard InChI is InChI=1S/C21H25Cl2NO3/c1-12(2)16-10-17(13(3)8-20(16)26-5)14(4)24-21(25)11-27-19-7-6-15(22)9-18(19)23/h6-10,12,14H,11H2,1-5H3,(H,24,25)/t14-/m1/s1. The minimum absolute atomic E-state index is 0.127. The zero-order valence-electron chi connectivity index (χ0n) is 16.2. The molecule has 0 aliphatic rings. The van der Waals surface area contributed by atoms with Crippen LogP contribution < -0.4 is 14.8 Å². The molecule has 27 heavy (non-hydrogen) atoms. The van der Waals surface area contributed by atoms with Crippen LogP contribution in [0.1, 0.15) is 49.4 Å². The molecule has 1 N–H and O–H groups in total. The summed E-state index contributed by atoms with van der Waals surface area (Å²) in [6.07, 6.45) is 0. The highest BCUT2D eigenvalue weighted by Gasteiger charge is 2.17. The molecule has 0 unspecified atom stereocenters. The highest BCUT2D eigenvalue weighted by molar-refractivity contribution is 6.35. The number of halogens is 2. The van der Waals surface area contributed by atoms with E-state index in [1.54, 1.807) is 25.3 Å². The zero-order chi connectivity index (χ0) is 20.1. The van der Waals surface area contributed by atoms with Gasteiger partial charge in [0.1, 0.15) is 11.5 Å². The Morgan fingerprint density at radius 3 is 2.37 bits per heavy atom. The monoisotopic (exact) mass is 409 g/mol. The van der Waals surface area contributed by atoms with Crippen molar-refractivity contribution in [3.63, 3.8) is 0 Å². The van der Waals surface area contributed by atoms with Crippen molar-refractivity contribution in [2.24, 2.45) is 0 Å². The van der Waals surface area contributed by atoms with Gasteiger partial charge in [0, 0.05) is 5.02 Å². The predicted molar refractivity (Wildman–Crippen MR) is 110 cm³/mol. The average molecular weight is 410 g/mol. The second-order valence-corrected chi connectivity index (χ2v) is 7.60. The van der Waals surface area contributed by atoms with Gasteiger partial charge in [0.25, 0.3) is 5.91 Å². The molecule has 0 aliphatic heterocycles. The van der Waals surface area contributed by atoms with Crippen LogP contribution in [0.3, 0.4) is 0 Å². The first kappa shape index (κ1) is 21.4. The predicted octanol–water partition coefficient (Wildman–Crippen LogP) is 5.69. The molecule has 2 rings (SSSR count). The normalized spacial score (nSPS) is 12.0. The van der Waals surface area contributed by atoms with E-state index in [2.05, 4.69) is 25.2 Å². The average Bonchev–Trinajstić information content (AvgIpc) is 2.60. The number of hydrogen-bond acceptors (Lipinski definition) is 3. The second-order valence-electron chi connectivity index (χ2n) is 6.76. The molecule has 0 bridgehead atoms. The summed E-state index contributed by atoms with van der Waals surface area (Å²) >= 11 is 11.9. The molecule has 0 aliphatic carbocycles. The minimum atomic E-state index is -0.227. The Kier molecular flexibility index (Phi) is 7.40. The number of aryl methyl sites for hydroxylation is 1. The number of carbonyl (C=O) groups excluding carboxylic acids is 1. The van der Waals surface area contributed by atoms with Crippen LogP contribution in [0.15, 0.2) is 30.3 Å². The number of carbonyl (C=O) groups is 1. The van der Waals surface area contributed by atoms with Gasteiger partial charge in [0.15, 0.2) is 6.61 Å². The summed E-state index contributed by atoms with van der Waals surface area (Å²) in [5.41, 5.74) is 3.23. The lowest BCUT2D eigenvalue weighted by molar-refractivity contribution is -0.123. The van der Waals surface area contributed by atoms with Gasteiger partial charge in [0.2, 0.25) is 0 Å². The molecule has 0 heterocycles. The molecule has 0 radical (unpaired) electrons. The molecule has 1 amide bonds. The Balaban J connectivity index is 2.06. The fourth-order valence-corrected chi connectivity index (χ4v) is 3.37. The summed E-state index contributed by atoms with van der Waals surface area (Å²) in [5, 5.41) is 3.85. The maximum atomic E-state index is 12.3. The van der Waals surface area contributed by atoms with E-state index in [0.29, 0.717) is 21.7 Å². The summed E-state index contributed by atoms with van der Waals surface area (Å²) in [7, 11) is 1.67. The Bertz CT molecular complexity index is 821. The molecule has 6 heteroatoms. The maximum Gasteiger partial charge on any atom is 0.258 e. The summed E-state index contributed by atoms with van der Waals surface area (Å²) in [5.74, 6) is 1.38. The van der Waals surface area contributed by atoms with E-state index in [0.717, 1.165) is 22.4 Å². The van der Waals surface area contributed by atoms with Crippen LogP contribution in [0, 0.1) is 6.92 Å². The van der Waals surface area contributed by atoms with Crippen LogP contribution in [-0.2, 0) is 4.79 Å². The molecule has 0 saturated heterocycles. The van der Waals surface area contributed by atoms with Gasteiger partial charge in [-0.25, -0.2) is 0 Å². The number of amides is 1. The lowest BCUT2D eigenvalue weighted by Crippen LogP contribution is -2.31. The topological polar surface area (TPSA) is 47.6 Å². The number of benzene rings is 2. The molecule has 0 spiro atoms. The number of nitrogens with one attached hydrogen (secondary N) is 1. The van der Waals surface area contributed by atoms with Crippen molar-refractivity contribution in [3.8, 4) is 11.5 Å². The van der Waals surface area contributed by atoms with E-state index in [1.807, 2.05) is 19.9 Å². The van der Waals surface area contributed by atoms with Crippen molar-refractivity contribution in [1.29, 1.82) is 0 Å². The van der Waals surface area contributed by atoms with Crippen molar-refractivity contribution in [2.45, 2.75) is 39.7 Å². The van der Waals surface area contributed by atoms with Gasteiger partial charge in [-0.05, 0) is 66.8 Å². The molecule has 0 saturated carbocycles. The minimum Gasteiger partial charge on any atom is -0.496 e. The fourth-order valence-electron chi connectivity index (χ4n) is 2.91. The van der Waals surface area contributed by atoms with Crippen molar-refractivity contribution in [1.82, 2.24) is 5.32 Å². The summed E-state index contributed by atoms with van der Waals surface area (Å²) in [4.78, 5) is 12.3. The summed E-state index contributed by atoms with van der Waals surface area (Å²) in [6, 6.07) is 8.83. The van der Waals surface area contributed by atoms with Crippen LogP contribution in [-0.4, -0.2) is 19.6 Å². The SMILES string of the molecule is COc1cc(C)c([C@@H](C)NC(=O)COc2ccc(Cl)cc2Cl)cc1C(C)C. The Morgan fingerprint density at radius 1 is 1.07 bits per heavy atom. The van der Waals surface area contributed by atoms with Gasteiger partial charge < -0.3 is 14.8 Å².